The first-order chi connectivity index (χ1) is 15.8. The summed E-state index contributed by atoms with van der Waals surface area (Å²) in [5.74, 6) is -0.854. The Morgan fingerprint density at radius 3 is 2.45 bits per heavy atom. The van der Waals surface area contributed by atoms with E-state index in [-0.39, 0.29) is 17.1 Å². The lowest BCUT2D eigenvalue weighted by Crippen LogP contribution is -2.29. The number of ether oxygens (including phenoxy) is 1. The van der Waals surface area contributed by atoms with Crippen LogP contribution < -0.4 is 9.64 Å². The summed E-state index contributed by atoms with van der Waals surface area (Å²) < 4.78 is 5.54. The summed E-state index contributed by atoms with van der Waals surface area (Å²) in [6.07, 6.45) is 0.717. The zero-order valence-electron chi connectivity index (χ0n) is 18.3. The largest absolute Gasteiger partial charge is 0.508 e. The number of aliphatic hydroxyl groups is 1. The number of ketones is 1. The van der Waals surface area contributed by atoms with Crippen LogP contribution in [0.3, 0.4) is 0 Å². The monoisotopic (exact) mass is 441 g/mol. The molecule has 0 spiro atoms. The van der Waals surface area contributed by atoms with Crippen LogP contribution in [0.25, 0.3) is 5.76 Å². The van der Waals surface area contributed by atoms with Gasteiger partial charge in [-0.1, -0.05) is 18.2 Å². The molecule has 0 radical (unpaired) electrons. The number of benzene rings is 3. The Balaban J connectivity index is 1.71. The number of nitrogens with zero attached hydrogens (tertiary/aromatic N) is 1. The molecule has 6 nitrogen and oxygen atoms in total. The third-order valence-corrected chi connectivity index (χ3v) is 6.38. The second kappa shape index (κ2) is 7.81. The Hall–Kier alpha value is -4.06. The van der Waals surface area contributed by atoms with Gasteiger partial charge in [-0.2, -0.15) is 0 Å². The van der Waals surface area contributed by atoms with Crippen LogP contribution in [0, 0.1) is 13.8 Å². The molecule has 2 aliphatic heterocycles. The maximum absolute atomic E-state index is 13.3. The first-order valence-corrected chi connectivity index (χ1v) is 10.8. The van der Waals surface area contributed by atoms with Crippen molar-refractivity contribution in [2.45, 2.75) is 26.3 Å². The fourth-order valence-electron chi connectivity index (χ4n) is 4.44. The topological polar surface area (TPSA) is 87.1 Å². The van der Waals surface area contributed by atoms with E-state index in [2.05, 4.69) is 0 Å². The third kappa shape index (κ3) is 3.44. The van der Waals surface area contributed by atoms with Gasteiger partial charge in [0.15, 0.2) is 0 Å². The van der Waals surface area contributed by atoms with Crippen LogP contribution >= 0.6 is 0 Å². The van der Waals surface area contributed by atoms with Crippen LogP contribution in [0.5, 0.6) is 11.5 Å². The summed E-state index contributed by atoms with van der Waals surface area (Å²) in [6.45, 7) is 4.49. The number of aliphatic hydroxyl groups excluding tert-OH is 1. The van der Waals surface area contributed by atoms with E-state index in [9.17, 15) is 19.8 Å². The molecule has 0 aromatic heterocycles. The molecule has 1 fully saturated rings. The number of phenolic OH excluding ortho intramolecular Hbond substituents is 1. The van der Waals surface area contributed by atoms with Crippen LogP contribution in [-0.2, 0) is 16.0 Å². The number of carbonyl (C=O) groups excluding carboxylic acids is 2. The standard InChI is InChI=1S/C27H23NO5/c1-15-3-7-20(13-16(15)2)28-24(17-4-8-21(29)9-5-17)23(26(31)27(28)32)25(30)19-6-10-22-18(14-19)11-12-33-22/h3-10,13-14,24,29-30H,11-12H2,1-2H3/b25-23-. The predicted octanol–water partition coefficient (Wildman–Crippen LogP) is 4.57. The van der Waals surface area contributed by atoms with E-state index < -0.39 is 17.7 Å². The lowest BCUT2D eigenvalue weighted by Gasteiger charge is -2.26. The molecule has 33 heavy (non-hydrogen) atoms. The average molecular weight is 441 g/mol. The first kappa shape index (κ1) is 20.8. The van der Waals surface area contributed by atoms with Crippen LogP contribution in [0.4, 0.5) is 5.69 Å². The maximum Gasteiger partial charge on any atom is 0.300 e. The van der Waals surface area contributed by atoms with E-state index in [1.807, 2.05) is 26.0 Å². The molecule has 1 amide bonds. The van der Waals surface area contributed by atoms with Gasteiger partial charge in [-0.05, 0) is 78.6 Å². The molecule has 2 N–H and O–H groups in total. The normalized spacial score (nSPS) is 19.0. The smallest absolute Gasteiger partial charge is 0.300 e. The van der Waals surface area contributed by atoms with Gasteiger partial charge in [0.05, 0.1) is 18.2 Å². The van der Waals surface area contributed by atoms with Crippen molar-refractivity contribution in [3.05, 3.63) is 94.1 Å². The highest BCUT2D eigenvalue weighted by Gasteiger charge is 2.47. The summed E-state index contributed by atoms with van der Waals surface area (Å²) in [5, 5.41) is 21.1. The molecule has 3 aromatic rings. The minimum absolute atomic E-state index is 0.0165. The van der Waals surface area contributed by atoms with E-state index in [1.165, 1.54) is 17.0 Å². The van der Waals surface area contributed by atoms with Crippen LogP contribution in [-0.4, -0.2) is 28.5 Å². The average Bonchev–Trinajstić information content (AvgIpc) is 3.38. The zero-order chi connectivity index (χ0) is 23.3. The number of aromatic hydroxyl groups is 1. The summed E-state index contributed by atoms with van der Waals surface area (Å²) in [7, 11) is 0. The van der Waals surface area contributed by atoms with Crippen molar-refractivity contribution in [1.82, 2.24) is 0 Å². The zero-order valence-corrected chi connectivity index (χ0v) is 18.3. The number of carbonyl (C=O) groups is 2. The second-order valence-electron chi connectivity index (χ2n) is 8.45. The van der Waals surface area contributed by atoms with E-state index in [0.717, 1.165) is 28.9 Å². The van der Waals surface area contributed by atoms with Crippen molar-refractivity contribution in [2.75, 3.05) is 11.5 Å². The van der Waals surface area contributed by atoms with Crippen molar-refractivity contribution < 1.29 is 24.5 Å². The van der Waals surface area contributed by atoms with Gasteiger partial charge in [-0.3, -0.25) is 14.5 Å². The molecule has 5 rings (SSSR count). The number of hydrogen-bond acceptors (Lipinski definition) is 5. The molecule has 0 saturated carbocycles. The summed E-state index contributed by atoms with van der Waals surface area (Å²) in [5.41, 5.74) is 4.65. The van der Waals surface area contributed by atoms with Crippen molar-refractivity contribution >= 4 is 23.1 Å². The first-order valence-electron chi connectivity index (χ1n) is 10.8. The van der Waals surface area contributed by atoms with Gasteiger partial charge in [0.2, 0.25) is 0 Å². The molecule has 3 aromatic carbocycles. The van der Waals surface area contributed by atoms with E-state index in [4.69, 9.17) is 4.74 Å². The van der Waals surface area contributed by atoms with Crippen LogP contribution in [0.1, 0.15) is 33.9 Å². The number of phenols is 1. The Labute approximate surface area is 191 Å². The second-order valence-corrected chi connectivity index (χ2v) is 8.45. The lowest BCUT2D eigenvalue weighted by molar-refractivity contribution is -0.132. The molecule has 2 heterocycles. The van der Waals surface area contributed by atoms with E-state index in [0.29, 0.717) is 23.4 Å². The molecule has 166 valence electrons. The van der Waals surface area contributed by atoms with Gasteiger partial charge < -0.3 is 14.9 Å². The van der Waals surface area contributed by atoms with Crippen molar-refractivity contribution in [2.24, 2.45) is 0 Å². The Bertz CT molecular complexity index is 1320. The minimum atomic E-state index is -0.836. The van der Waals surface area contributed by atoms with E-state index in [1.54, 1.807) is 36.4 Å². The highest BCUT2D eigenvalue weighted by molar-refractivity contribution is 6.51. The quantitative estimate of drug-likeness (QED) is 0.353. The molecular formula is C27H23NO5. The summed E-state index contributed by atoms with van der Waals surface area (Å²) >= 11 is 0. The SMILES string of the molecule is Cc1ccc(N2C(=O)C(=O)/C(=C(\O)c3ccc4c(c3)CCO4)C2c2ccc(O)cc2)cc1C. The molecule has 1 atom stereocenters. The Morgan fingerprint density at radius 2 is 1.73 bits per heavy atom. The van der Waals surface area contributed by atoms with Gasteiger partial charge in [-0.25, -0.2) is 0 Å². The number of rotatable bonds is 3. The number of anilines is 1. The molecule has 0 bridgehead atoms. The molecule has 1 unspecified atom stereocenters. The molecule has 6 heteroatoms. The van der Waals surface area contributed by atoms with Crippen molar-refractivity contribution in [1.29, 1.82) is 0 Å². The predicted molar refractivity (Wildman–Crippen MR) is 124 cm³/mol. The van der Waals surface area contributed by atoms with Crippen molar-refractivity contribution in [3.8, 4) is 11.5 Å². The van der Waals surface area contributed by atoms with Gasteiger partial charge in [0.1, 0.15) is 17.3 Å². The van der Waals surface area contributed by atoms with Gasteiger partial charge >= 0.3 is 0 Å². The Kier molecular flexibility index (Phi) is 4.93. The van der Waals surface area contributed by atoms with E-state index >= 15 is 0 Å². The minimum Gasteiger partial charge on any atom is -0.508 e. The lowest BCUT2D eigenvalue weighted by atomic mass is 9.94. The number of Topliss-reactive ketones (excluding diaryl/α,β-unsaturated/α-hetero) is 1. The van der Waals surface area contributed by atoms with Crippen LogP contribution in [0.2, 0.25) is 0 Å². The van der Waals surface area contributed by atoms with Gasteiger partial charge in [-0.15, -0.1) is 0 Å². The van der Waals surface area contributed by atoms with Gasteiger partial charge in [0.25, 0.3) is 11.7 Å². The summed E-state index contributed by atoms with van der Waals surface area (Å²) in [4.78, 5) is 27.9. The number of aryl methyl sites for hydroxylation is 2. The van der Waals surface area contributed by atoms with Crippen molar-refractivity contribution in [3.63, 3.8) is 0 Å². The summed E-state index contributed by atoms with van der Waals surface area (Å²) in [6, 6.07) is 16.3. The molecule has 1 saturated heterocycles. The fraction of sp³-hybridized carbons (Fsp3) is 0.185. The highest BCUT2D eigenvalue weighted by atomic mass is 16.5. The maximum atomic E-state index is 13.3. The molecule has 2 aliphatic rings. The van der Waals surface area contributed by atoms with Gasteiger partial charge in [0, 0.05) is 17.7 Å². The number of amides is 1. The molecule has 0 aliphatic carbocycles. The van der Waals surface area contributed by atoms with Crippen LogP contribution in [0.15, 0.2) is 66.2 Å². The fourth-order valence-corrected chi connectivity index (χ4v) is 4.44. The number of hydrogen-bond donors (Lipinski definition) is 2. The third-order valence-electron chi connectivity index (χ3n) is 6.38. The molecular weight excluding hydrogens is 418 g/mol. The number of fused-ring (bicyclic) bond motifs is 1. The Morgan fingerprint density at radius 1 is 0.970 bits per heavy atom. The highest BCUT2D eigenvalue weighted by Crippen LogP contribution is 2.43.